The van der Waals surface area contributed by atoms with E-state index in [1.54, 1.807) is 18.9 Å². The molecule has 1 heterocycles. The molecule has 27 heavy (non-hydrogen) atoms. The number of benzene rings is 2. The smallest absolute Gasteiger partial charge is 0.235 e. The molecule has 1 aliphatic rings. The van der Waals surface area contributed by atoms with E-state index in [9.17, 15) is 4.79 Å². The van der Waals surface area contributed by atoms with Crippen molar-refractivity contribution in [2.75, 3.05) is 33.3 Å². The maximum absolute atomic E-state index is 12.9. The normalized spacial score (nSPS) is 16.6. The lowest BCUT2D eigenvalue weighted by Gasteiger charge is -2.24. The van der Waals surface area contributed by atoms with Crippen molar-refractivity contribution in [1.29, 1.82) is 0 Å². The number of methoxy groups -OCH3 is 1. The van der Waals surface area contributed by atoms with Crippen molar-refractivity contribution in [3.05, 3.63) is 60.2 Å². The van der Waals surface area contributed by atoms with E-state index in [2.05, 4.69) is 29.2 Å². The van der Waals surface area contributed by atoms with Gasteiger partial charge < -0.3 is 9.64 Å². The van der Waals surface area contributed by atoms with Crippen LogP contribution in [0.2, 0.25) is 0 Å². The lowest BCUT2D eigenvalue weighted by molar-refractivity contribution is -0.130. The van der Waals surface area contributed by atoms with Gasteiger partial charge in [0.1, 0.15) is 5.75 Å². The summed E-state index contributed by atoms with van der Waals surface area (Å²) in [6.07, 6.45) is 1.02. The highest BCUT2D eigenvalue weighted by molar-refractivity contribution is 8.00. The lowest BCUT2D eigenvalue weighted by atomic mass is 10.2. The largest absolute Gasteiger partial charge is 0.497 e. The molecule has 1 unspecified atom stereocenters. The molecule has 0 aromatic heterocycles. The van der Waals surface area contributed by atoms with Crippen molar-refractivity contribution in [3.8, 4) is 5.75 Å². The Labute approximate surface area is 166 Å². The minimum atomic E-state index is -0.0551. The first-order chi connectivity index (χ1) is 13.2. The van der Waals surface area contributed by atoms with Gasteiger partial charge in [0.25, 0.3) is 0 Å². The van der Waals surface area contributed by atoms with Gasteiger partial charge in [-0.1, -0.05) is 30.3 Å². The topological polar surface area (TPSA) is 32.8 Å². The second kappa shape index (κ2) is 9.81. The molecule has 144 valence electrons. The van der Waals surface area contributed by atoms with Crippen LogP contribution < -0.4 is 4.74 Å². The highest BCUT2D eigenvalue weighted by Gasteiger charge is 2.24. The fourth-order valence-corrected chi connectivity index (χ4v) is 4.32. The van der Waals surface area contributed by atoms with Crippen molar-refractivity contribution in [2.45, 2.75) is 30.0 Å². The maximum atomic E-state index is 12.9. The van der Waals surface area contributed by atoms with E-state index in [0.29, 0.717) is 0 Å². The molecule has 0 bridgehead atoms. The Morgan fingerprint density at radius 3 is 2.48 bits per heavy atom. The Balaban J connectivity index is 1.51. The summed E-state index contributed by atoms with van der Waals surface area (Å²) in [5.74, 6) is 1.13. The molecule has 1 saturated heterocycles. The number of ether oxygens (including phenoxy) is 1. The predicted octanol–water partition coefficient (Wildman–Crippen LogP) is 3.91. The third-order valence-electron chi connectivity index (χ3n) is 4.87. The SMILES string of the molecule is COc1ccc(CN2CCCN(C(=O)C(C)Sc3ccccc3)CC2)cc1. The summed E-state index contributed by atoms with van der Waals surface area (Å²) in [6.45, 7) is 6.52. The zero-order valence-corrected chi connectivity index (χ0v) is 17.0. The van der Waals surface area contributed by atoms with Crippen LogP contribution in [0.25, 0.3) is 0 Å². The summed E-state index contributed by atoms with van der Waals surface area (Å²) in [7, 11) is 1.69. The summed E-state index contributed by atoms with van der Waals surface area (Å²) >= 11 is 1.64. The van der Waals surface area contributed by atoms with E-state index >= 15 is 0 Å². The summed E-state index contributed by atoms with van der Waals surface area (Å²) < 4.78 is 5.22. The minimum Gasteiger partial charge on any atom is -0.497 e. The van der Waals surface area contributed by atoms with Gasteiger partial charge in [0.15, 0.2) is 0 Å². The molecule has 3 rings (SSSR count). The first kappa shape index (κ1) is 19.8. The number of rotatable bonds is 6. The summed E-state index contributed by atoms with van der Waals surface area (Å²) in [5, 5.41) is -0.0551. The third-order valence-corrected chi connectivity index (χ3v) is 5.97. The van der Waals surface area contributed by atoms with Gasteiger partial charge in [-0.05, 0) is 43.2 Å². The fraction of sp³-hybridized carbons (Fsp3) is 0.409. The third kappa shape index (κ3) is 5.75. The van der Waals surface area contributed by atoms with Crippen LogP contribution in [-0.4, -0.2) is 54.2 Å². The van der Waals surface area contributed by atoms with E-state index in [0.717, 1.165) is 49.8 Å². The highest BCUT2D eigenvalue weighted by atomic mass is 32.2. The van der Waals surface area contributed by atoms with Crippen molar-refractivity contribution in [1.82, 2.24) is 9.80 Å². The fourth-order valence-electron chi connectivity index (χ4n) is 3.35. The van der Waals surface area contributed by atoms with Gasteiger partial charge in [-0.25, -0.2) is 0 Å². The summed E-state index contributed by atoms with van der Waals surface area (Å²) in [4.78, 5) is 18.5. The van der Waals surface area contributed by atoms with Gasteiger partial charge in [0.05, 0.1) is 12.4 Å². The maximum Gasteiger partial charge on any atom is 0.235 e. The number of hydrogen-bond acceptors (Lipinski definition) is 4. The van der Waals surface area contributed by atoms with E-state index in [1.807, 2.05) is 42.2 Å². The second-order valence-electron chi connectivity index (χ2n) is 6.88. The van der Waals surface area contributed by atoms with E-state index in [-0.39, 0.29) is 11.2 Å². The molecule has 2 aromatic rings. The lowest BCUT2D eigenvalue weighted by Crippen LogP contribution is -2.39. The highest BCUT2D eigenvalue weighted by Crippen LogP contribution is 2.24. The summed E-state index contributed by atoms with van der Waals surface area (Å²) in [5.41, 5.74) is 1.28. The molecule has 0 N–H and O–H groups in total. The van der Waals surface area contributed by atoms with Gasteiger partial charge in [-0.15, -0.1) is 11.8 Å². The predicted molar refractivity (Wildman–Crippen MR) is 111 cm³/mol. The van der Waals surface area contributed by atoms with Gasteiger partial charge in [0, 0.05) is 37.6 Å². The number of carbonyl (C=O) groups is 1. The zero-order valence-electron chi connectivity index (χ0n) is 16.1. The van der Waals surface area contributed by atoms with Gasteiger partial charge in [-0.2, -0.15) is 0 Å². The Morgan fingerprint density at radius 1 is 1.04 bits per heavy atom. The molecule has 1 atom stereocenters. The van der Waals surface area contributed by atoms with E-state index < -0.39 is 0 Å². The number of thioether (sulfide) groups is 1. The molecule has 0 radical (unpaired) electrons. The monoisotopic (exact) mass is 384 g/mol. The standard InChI is InChI=1S/C22H28N2O2S/c1-18(27-21-7-4-3-5-8-21)22(25)24-14-6-13-23(15-16-24)17-19-9-11-20(26-2)12-10-19/h3-5,7-12,18H,6,13-17H2,1-2H3. The number of hydrogen-bond donors (Lipinski definition) is 0. The number of carbonyl (C=O) groups excluding carboxylic acids is 1. The van der Waals surface area contributed by atoms with Gasteiger partial charge in [0.2, 0.25) is 5.91 Å². The van der Waals surface area contributed by atoms with Crippen LogP contribution in [0.4, 0.5) is 0 Å². The Bertz CT molecular complexity index is 721. The van der Waals surface area contributed by atoms with Gasteiger partial charge >= 0.3 is 0 Å². The molecule has 1 aliphatic heterocycles. The summed E-state index contributed by atoms with van der Waals surface area (Å²) in [6, 6.07) is 18.4. The first-order valence-electron chi connectivity index (χ1n) is 9.51. The molecular formula is C22H28N2O2S. The Morgan fingerprint density at radius 2 is 1.78 bits per heavy atom. The first-order valence-corrected chi connectivity index (χ1v) is 10.4. The van der Waals surface area contributed by atoms with Gasteiger partial charge in [-0.3, -0.25) is 9.69 Å². The molecule has 2 aromatic carbocycles. The van der Waals surface area contributed by atoms with Crippen molar-refractivity contribution in [3.63, 3.8) is 0 Å². The average Bonchev–Trinajstić information content (AvgIpc) is 2.94. The number of nitrogens with zero attached hydrogens (tertiary/aromatic N) is 2. The van der Waals surface area contributed by atoms with Crippen LogP contribution in [0.5, 0.6) is 5.75 Å². The number of amides is 1. The van der Waals surface area contributed by atoms with Crippen LogP contribution >= 0.6 is 11.8 Å². The molecular weight excluding hydrogens is 356 g/mol. The van der Waals surface area contributed by atoms with E-state index in [1.165, 1.54) is 5.56 Å². The average molecular weight is 385 g/mol. The van der Waals surface area contributed by atoms with Crippen molar-refractivity contribution >= 4 is 17.7 Å². The molecule has 1 fully saturated rings. The quantitative estimate of drug-likeness (QED) is 0.707. The van der Waals surface area contributed by atoms with Crippen LogP contribution in [0.3, 0.4) is 0 Å². The molecule has 0 spiro atoms. The molecule has 0 saturated carbocycles. The molecule has 4 nitrogen and oxygen atoms in total. The van der Waals surface area contributed by atoms with Crippen molar-refractivity contribution < 1.29 is 9.53 Å². The Hall–Kier alpha value is -1.98. The van der Waals surface area contributed by atoms with Crippen LogP contribution in [-0.2, 0) is 11.3 Å². The van der Waals surface area contributed by atoms with Crippen molar-refractivity contribution in [2.24, 2.45) is 0 Å². The molecule has 0 aliphatic carbocycles. The van der Waals surface area contributed by atoms with Crippen LogP contribution in [0, 0.1) is 0 Å². The van der Waals surface area contributed by atoms with E-state index in [4.69, 9.17) is 4.74 Å². The Kier molecular flexibility index (Phi) is 7.18. The van der Waals surface area contributed by atoms with Crippen LogP contribution in [0.15, 0.2) is 59.5 Å². The molecule has 5 heteroatoms. The zero-order chi connectivity index (χ0) is 19.1. The minimum absolute atomic E-state index is 0.0551. The molecule has 1 amide bonds. The second-order valence-corrected chi connectivity index (χ2v) is 8.29. The van der Waals surface area contributed by atoms with Crippen LogP contribution in [0.1, 0.15) is 18.9 Å².